The second kappa shape index (κ2) is 7.24. The fraction of sp³-hybridized carbons (Fsp3) is 0.318. The van der Waals surface area contributed by atoms with Crippen LogP contribution in [0.25, 0.3) is 0 Å². The number of benzene rings is 2. The maximum atomic E-state index is 12.7. The minimum absolute atomic E-state index is 0.00974. The van der Waals surface area contributed by atoms with Gasteiger partial charge >= 0.3 is 0 Å². The third-order valence-electron chi connectivity index (χ3n) is 5.73. The molecular weight excluding hydrogens is 372 g/mol. The summed E-state index contributed by atoms with van der Waals surface area (Å²) in [5.74, 6) is 0.402. The number of carbonyl (C=O) groups excluding carboxylic acids is 3. The second-order valence-electron chi connectivity index (χ2n) is 7.27. The lowest BCUT2D eigenvalue weighted by Gasteiger charge is -2.47. The van der Waals surface area contributed by atoms with Crippen LogP contribution in [0.15, 0.2) is 42.5 Å². The summed E-state index contributed by atoms with van der Waals surface area (Å²) in [7, 11) is 3.14. The van der Waals surface area contributed by atoms with E-state index in [-0.39, 0.29) is 36.2 Å². The van der Waals surface area contributed by atoms with Gasteiger partial charge in [-0.15, -0.1) is 0 Å². The molecule has 2 aliphatic rings. The van der Waals surface area contributed by atoms with Crippen molar-refractivity contribution in [3.05, 3.63) is 59.2 Å². The van der Waals surface area contributed by atoms with Gasteiger partial charge in [0.2, 0.25) is 5.91 Å². The maximum Gasteiger partial charge on any atom is 0.261 e. The summed E-state index contributed by atoms with van der Waals surface area (Å²) < 4.78 is 10.6. The predicted molar refractivity (Wildman–Crippen MR) is 105 cm³/mol. The first-order valence-corrected chi connectivity index (χ1v) is 9.43. The lowest BCUT2D eigenvalue weighted by atomic mass is 9.88. The van der Waals surface area contributed by atoms with Crippen LogP contribution in [0.1, 0.15) is 33.2 Å². The van der Waals surface area contributed by atoms with Crippen molar-refractivity contribution in [1.82, 2.24) is 9.80 Å². The molecule has 0 aliphatic carbocycles. The molecule has 0 radical (unpaired) electrons. The van der Waals surface area contributed by atoms with E-state index in [2.05, 4.69) is 0 Å². The van der Waals surface area contributed by atoms with Crippen LogP contribution in [-0.2, 0) is 11.3 Å². The Balaban J connectivity index is 1.54. The Morgan fingerprint density at radius 1 is 0.931 bits per heavy atom. The molecule has 0 aromatic heterocycles. The number of methoxy groups -OCH3 is 2. The van der Waals surface area contributed by atoms with E-state index in [4.69, 9.17) is 9.47 Å². The molecule has 0 N–H and O–H groups in total. The van der Waals surface area contributed by atoms with E-state index in [9.17, 15) is 14.4 Å². The van der Waals surface area contributed by atoms with Gasteiger partial charge in [-0.1, -0.05) is 19.1 Å². The molecule has 150 valence electrons. The van der Waals surface area contributed by atoms with Gasteiger partial charge in [0.05, 0.1) is 43.9 Å². The Labute approximate surface area is 168 Å². The lowest BCUT2D eigenvalue weighted by Crippen LogP contribution is -2.63. The van der Waals surface area contributed by atoms with Crippen molar-refractivity contribution < 1.29 is 23.9 Å². The quantitative estimate of drug-likeness (QED) is 0.555. The van der Waals surface area contributed by atoms with Crippen LogP contribution in [0.5, 0.6) is 11.5 Å². The average Bonchev–Trinajstić information content (AvgIpc) is 3.00. The number of imide groups is 1. The van der Waals surface area contributed by atoms with Crippen molar-refractivity contribution in [2.45, 2.75) is 19.5 Å². The van der Waals surface area contributed by atoms with Crippen LogP contribution in [0.2, 0.25) is 0 Å². The Kier molecular flexibility index (Phi) is 4.74. The lowest BCUT2D eigenvalue weighted by molar-refractivity contribution is -0.156. The van der Waals surface area contributed by atoms with Gasteiger partial charge in [0.25, 0.3) is 11.8 Å². The Hall–Kier alpha value is -3.35. The van der Waals surface area contributed by atoms with E-state index in [1.165, 1.54) is 4.90 Å². The summed E-state index contributed by atoms with van der Waals surface area (Å²) in [6.45, 7) is 2.34. The van der Waals surface area contributed by atoms with Gasteiger partial charge in [-0.2, -0.15) is 0 Å². The summed E-state index contributed by atoms with van der Waals surface area (Å²) in [6, 6.07) is 12.0. The van der Waals surface area contributed by atoms with Crippen molar-refractivity contribution in [2.24, 2.45) is 5.92 Å². The molecular formula is C22H22N2O5. The van der Waals surface area contributed by atoms with Crippen LogP contribution in [0.4, 0.5) is 0 Å². The largest absolute Gasteiger partial charge is 0.497 e. The molecule has 0 bridgehead atoms. The number of hydrogen-bond acceptors (Lipinski definition) is 5. The van der Waals surface area contributed by atoms with Crippen molar-refractivity contribution in [3.8, 4) is 11.5 Å². The third-order valence-corrected chi connectivity index (χ3v) is 5.73. The highest BCUT2D eigenvalue weighted by atomic mass is 16.5. The number of fused-ring (bicyclic) bond motifs is 1. The zero-order chi connectivity index (χ0) is 20.7. The minimum atomic E-state index is -0.306. The molecule has 4 rings (SSSR count). The van der Waals surface area contributed by atoms with Crippen LogP contribution < -0.4 is 9.47 Å². The zero-order valence-corrected chi connectivity index (χ0v) is 16.5. The molecule has 1 fully saturated rings. The number of rotatable bonds is 6. The van der Waals surface area contributed by atoms with Crippen LogP contribution in [0.3, 0.4) is 0 Å². The second-order valence-corrected chi connectivity index (χ2v) is 7.27. The third kappa shape index (κ3) is 3.03. The molecule has 2 atom stereocenters. The fourth-order valence-corrected chi connectivity index (χ4v) is 3.99. The predicted octanol–water partition coefficient (Wildman–Crippen LogP) is 2.35. The van der Waals surface area contributed by atoms with Gasteiger partial charge < -0.3 is 14.4 Å². The summed E-state index contributed by atoms with van der Waals surface area (Å²) in [5.41, 5.74) is 1.67. The molecule has 0 unspecified atom stereocenters. The van der Waals surface area contributed by atoms with E-state index in [1.807, 2.05) is 19.1 Å². The summed E-state index contributed by atoms with van der Waals surface area (Å²) in [5, 5.41) is 0. The SMILES string of the molecule is COc1ccc(CN2C(=O)[C@@H](C)[C@H]2CN2C(=O)c3ccccc3C2=O)c(OC)c1. The standard InChI is InChI=1S/C22H22N2O5/c1-13-18(12-24-21(26)16-6-4-5-7-17(16)22(24)27)23(20(13)25)11-14-8-9-15(28-2)10-19(14)29-3/h4-10,13,18H,11-12H2,1-3H3/t13-,18+/m0/s1. The van der Waals surface area contributed by atoms with E-state index in [0.29, 0.717) is 29.2 Å². The first kappa shape index (κ1) is 19.0. The number of ether oxygens (including phenoxy) is 2. The number of likely N-dealkylation sites (tertiary alicyclic amines) is 1. The van der Waals surface area contributed by atoms with E-state index >= 15 is 0 Å². The van der Waals surface area contributed by atoms with E-state index < -0.39 is 0 Å². The molecule has 1 saturated heterocycles. The Morgan fingerprint density at radius 2 is 1.59 bits per heavy atom. The highest BCUT2D eigenvalue weighted by molar-refractivity contribution is 6.21. The summed E-state index contributed by atoms with van der Waals surface area (Å²) in [4.78, 5) is 40.8. The number of β-lactam (4-membered cyclic amide) rings is 1. The average molecular weight is 394 g/mol. The number of nitrogens with zero attached hydrogens (tertiary/aromatic N) is 2. The smallest absolute Gasteiger partial charge is 0.261 e. The van der Waals surface area contributed by atoms with Gasteiger partial charge in [0.1, 0.15) is 11.5 Å². The van der Waals surface area contributed by atoms with Crippen LogP contribution in [0, 0.1) is 5.92 Å². The molecule has 2 aliphatic heterocycles. The Bertz CT molecular complexity index is 967. The van der Waals surface area contributed by atoms with Crippen molar-refractivity contribution in [1.29, 1.82) is 0 Å². The van der Waals surface area contributed by atoms with Gasteiger partial charge in [-0.25, -0.2) is 0 Å². The topological polar surface area (TPSA) is 76.2 Å². The highest BCUT2D eigenvalue weighted by Gasteiger charge is 2.48. The summed E-state index contributed by atoms with van der Waals surface area (Å²) >= 11 is 0. The van der Waals surface area contributed by atoms with Gasteiger partial charge in [-0.3, -0.25) is 19.3 Å². The molecule has 0 saturated carbocycles. The monoisotopic (exact) mass is 394 g/mol. The minimum Gasteiger partial charge on any atom is -0.497 e. The highest BCUT2D eigenvalue weighted by Crippen LogP contribution is 2.34. The fourth-order valence-electron chi connectivity index (χ4n) is 3.99. The molecule has 7 heteroatoms. The number of carbonyl (C=O) groups is 3. The normalized spacial score (nSPS) is 20.6. The molecule has 7 nitrogen and oxygen atoms in total. The van der Waals surface area contributed by atoms with E-state index in [0.717, 1.165) is 5.56 Å². The molecule has 2 heterocycles. The maximum absolute atomic E-state index is 12.7. The summed E-state index contributed by atoms with van der Waals surface area (Å²) in [6.07, 6.45) is 0. The first-order valence-electron chi connectivity index (χ1n) is 9.43. The zero-order valence-electron chi connectivity index (χ0n) is 16.5. The molecule has 2 aromatic carbocycles. The van der Waals surface area contributed by atoms with Gasteiger partial charge in [-0.05, 0) is 24.3 Å². The van der Waals surface area contributed by atoms with Gasteiger partial charge in [0, 0.05) is 18.2 Å². The van der Waals surface area contributed by atoms with Crippen molar-refractivity contribution in [3.63, 3.8) is 0 Å². The van der Waals surface area contributed by atoms with Crippen molar-refractivity contribution in [2.75, 3.05) is 20.8 Å². The van der Waals surface area contributed by atoms with Crippen LogP contribution >= 0.6 is 0 Å². The van der Waals surface area contributed by atoms with Crippen LogP contribution in [-0.4, -0.2) is 54.3 Å². The Morgan fingerprint density at radius 3 is 2.17 bits per heavy atom. The number of hydrogen-bond donors (Lipinski definition) is 0. The molecule has 29 heavy (non-hydrogen) atoms. The first-order chi connectivity index (χ1) is 14.0. The van der Waals surface area contributed by atoms with Gasteiger partial charge in [0.15, 0.2) is 0 Å². The van der Waals surface area contributed by atoms with E-state index in [1.54, 1.807) is 49.5 Å². The molecule has 0 spiro atoms. The molecule has 3 amide bonds. The van der Waals surface area contributed by atoms with Crippen molar-refractivity contribution >= 4 is 17.7 Å². The number of amides is 3. The molecule has 2 aromatic rings.